The van der Waals surface area contributed by atoms with Crippen LogP contribution in [0.2, 0.25) is 0 Å². The van der Waals surface area contributed by atoms with E-state index in [1.165, 1.54) is 6.39 Å². The second-order valence-electron chi connectivity index (χ2n) is 3.13. The molecule has 15 heavy (non-hydrogen) atoms. The summed E-state index contributed by atoms with van der Waals surface area (Å²) in [5.41, 5.74) is 1.86. The van der Waals surface area contributed by atoms with Gasteiger partial charge in [0.15, 0.2) is 0 Å². The van der Waals surface area contributed by atoms with E-state index in [1.807, 2.05) is 24.3 Å². The number of hydrogen-bond acceptors (Lipinski definition) is 3. The SMILES string of the molecule is Brc1cccc2cc(-c3nnco3)[nH]c12. The van der Waals surface area contributed by atoms with Crippen molar-refractivity contribution in [1.82, 2.24) is 15.2 Å². The van der Waals surface area contributed by atoms with Crippen molar-refractivity contribution < 1.29 is 4.42 Å². The third-order valence-electron chi connectivity index (χ3n) is 2.20. The van der Waals surface area contributed by atoms with Gasteiger partial charge in [-0.15, -0.1) is 10.2 Å². The Labute approximate surface area is 93.4 Å². The molecule has 2 aromatic heterocycles. The summed E-state index contributed by atoms with van der Waals surface area (Å²) in [7, 11) is 0. The largest absolute Gasteiger partial charge is 0.422 e. The summed E-state index contributed by atoms with van der Waals surface area (Å²) in [4.78, 5) is 3.22. The number of benzene rings is 1. The molecule has 2 heterocycles. The third-order valence-corrected chi connectivity index (χ3v) is 2.86. The fraction of sp³-hybridized carbons (Fsp3) is 0. The number of hydrogen-bond donors (Lipinski definition) is 1. The van der Waals surface area contributed by atoms with Crippen molar-refractivity contribution in [3.8, 4) is 11.6 Å². The van der Waals surface area contributed by atoms with E-state index in [-0.39, 0.29) is 0 Å². The Morgan fingerprint density at radius 2 is 2.27 bits per heavy atom. The van der Waals surface area contributed by atoms with Gasteiger partial charge in [-0.25, -0.2) is 0 Å². The zero-order valence-corrected chi connectivity index (χ0v) is 9.15. The highest BCUT2D eigenvalue weighted by molar-refractivity contribution is 9.10. The summed E-state index contributed by atoms with van der Waals surface area (Å²) in [5, 5.41) is 8.60. The topological polar surface area (TPSA) is 54.7 Å². The first-order chi connectivity index (χ1) is 7.34. The van der Waals surface area contributed by atoms with Gasteiger partial charge < -0.3 is 9.40 Å². The number of aromatic amines is 1. The monoisotopic (exact) mass is 263 g/mol. The summed E-state index contributed by atoms with van der Waals surface area (Å²) in [6, 6.07) is 7.97. The van der Waals surface area contributed by atoms with E-state index in [2.05, 4.69) is 31.1 Å². The molecule has 0 aliphatic carbocycles. The van der Waals surface area contributed by atoms with Gasteiger partial charge in [-0.1, -0.05) is 12.1 Å². The number of nitrogens with zero attached hydrogens (tertiary/aromatic N) is 2. The van der Waals surface area contributed by atoms with Gasteiger partial charge in [-0.3, -0.25) is 0 Å². The van der Waals surface area contributed by atoms with Gasteiger partial charge in [0.05, 0.1) is 5.52 Å². The lowest BCUT2D eigenvalue weighted by Crippen LogP contribution is -1.76. The average Bonchev–Trinajstić information content (AvgIpc) is 2.86. The Morgan fingerprint density at radius 1 is 1.33 bits per heavy atom. The molecule has 0 saturated carbocycles. The zero-order chi connectivity index (χ0) is 10.3. The van der Waals surface area contributed by atoms with Crippen LogP contribution in [0.4, 0.5) is 0 Å². The second-order valence-corrected chi connectivity index (χ2v) is 3.99. The molecule has 0 atom stereocenters. The number of para-hydroxylation sites is 1. The van der Waals surface area contributed by atoms with E-state index < -0.39 is 0 Å². The van der Waals surface area contributed by atoms with Crippen molar-refractivity contribution in [2.75, 3.05) is 0 Å². The Kier molecular flexibility index (Phi) is 1.85. The van der Waals surface area contributed by atoms with Crippen LogP contribution in [-0.2, 0) is 0 Å². The standard InChI is InChI=1S/C10H6BrN3O/c11-7-3-1-2-6-4-8(13-9(6)7)10-14-12-5-15-10/h1-5,13H. The minimum atomic E-state index is 0.498. The van der Waals surface area contributed by atoms with Crippen molar-refractivity contribution in [3.63, 3.8) is 0 Å². The van der Waals surface area contributed by atoms with Gasteiger partial charge in [-0.05, 0) is 28.1 Å². The van der Waals surface area contributed by atoms with Gasteiger partial charge in [0, 0.05) is 9.86 Å². The number of rotatable bonds is 1. The smallest absolute Gasteiger partial charge is 0.263 e. The van der Waals surface area contributed by atoms with Crippen LogP contribution in [0.3, 0.4) is 0 Å². The minimum absolute atomic E-state index is 0.498. The Balaban J connectivity index is 2.27. The predicted molar refractivity (Wildman–Crippen MR) is 59.3 cm³/mol. The van der Waals surface area contributed by atoms with E-state index in [9.17, 15) is 0 Å². The van der Waals surface area contributed by atoms with E-state index in [0.717, 1.165) is 21.1 Å². The fourth-order valence-electron chi connectivity index (χ4n) is 1.52. The number of H-pyrrole nitrogens is 1. The van der Waals surface area contributed by atoms with Crippen LogP contribution in [0.1, 0.15) is 0 Å². The lowest BCUT2D eigenvalue weighted by Gasteiger charge is -1.91. The molecule has 0 unspecified atom stereocenters. The molecule has 0 saturated heterocycles. The van der Waals surface area contributed by atoms with Crippen molar-refractivity contribution in [1.29, 1.82) is 0 Å². The van der Waals surface area contributed by atoms with Crippen LogP contribution in [0.25, 0.3) is 22.5 Å². The number of fused-ring (bicyclic) bond motifs is 1. The zero-order valence-electron chi connectivity index (χ0n) is 7.57. The lowest BCUT2D eigenvalue weighted by molar-refractivity contribution is 0.567. The van der Waals surface area contributed by atoms with Crippen LogP contribution >= 0.6 is 15.9 Å². The molecule has 0 bridgehead atoms. The maximum Gasteiger partial charge on any atom is 0.263 e. The molecule has 0 spiro atoms. The number of nitrogens with one attached hydrogen (secondary N) is 1. The summed E-state index contributed by atoms with van der Waals surface area (Å²) >= 11 is 3.48. The van der Waals surface area contributed by atoms with Crippen LogP contribution < -0.4 is 0 Å². The molecule has 3 rings (SSSR count). The van der Waals surface area contributed by atoms with E-state index in [1.54, 1.807) is 0 Å². The molecule has 4 nitrogen and oxygen atoms in total. The molecule has 0 aliphatic rings. The van der Waals surface area contributed by atoms with Gasteiger partial charge in [0.2, 0.25) is 6.39 Å². The maximum atomic E-state index is 5.12. The highest BCUT2D eigenvalue weighted by atomic mass is 79.9. The summed E-state index contributed by atoms with van der Waals surface area (Å²) in [6.45, 7) is 0. The van der Waals surface area contributed by atoms with Crippen molar-refractivity contribution in [3.05, 3.63) is 35.1 Å². The molecule has 0 fully saturated rings. The molecule has 3 aromatic rings. The summed E-state index contributed by atoms with van der Waals surface area (Å²) in [5.74, 6) is 0.498. The van der Waals surface area contributed by atoms with Gasteiger partial charge in [0.25, 0.3) is 5.89 Å². The maximum absolute atomic E-state index is 5.12. The number of halogens is 1. The van der Waals surface area contributed by atoms with Crippen LogP contribution in [0, 0.1) is 0 Å². The van der Waals surface area contributed by atoms with E-state index >= 15 is 0 Å². The quantitative estimate of drug-likeness (QED) is 0.735. The summed E-state index contributed by atoms with van der Waals surface area (Å²) < 4.78 is 6.14. The Hall–Kier alpha value is -1.62. The highest BCUT2D eigenvalue weighted by Gasteiger charge is 2.08. The molecule has 0 amide bonds. The molecule has 1 N–H and O–H groups in total. The van der Waals surface area contributed by atoms with Gasteiger partial charge >= 0.3 is 0 Å². The predicted octanol–water partition coefficient (Wildman–Crippen LogP) is 2.98. The molecule has 74 valence electrons. The molecule has 0 aliphatic heterocycles. The average molecular weight is 264 g/mol. The first-order valence-corrected chi connectivity index (χ1v) is 5.17. The Bertz CT molecular complexity index is 600. The second kappa shape index (κ2) is 3.20. The highest BCUT2D eigenvalue weighted by Crippen LogP contribution is 2.27. The van der Waals surface area contributed by atoms with Crippen LogP contribution in [0.5, 0.6) is 0 Å². The molecular weight excluding hydrogens is 258 g/mol. The third kappa shape index (κ3) is 1.35. The molecule has 5 heteroatoms. The minimum Gasteiger partial charge on any atom is -0.422 e. The van der Waals surface area contributed by atoms with Crippen molar-refractivity contribution in [2.45, 2.75) is 0 Å². The van der Waals surface area contributed by atoms with E-state index in [4.69, 9.17) is 4.42 Å². The van der Waals surface area contributed by atoms with Crippen LogP contribution in [0.15, 0.2) is 39.5 Å². The lowest BCUT2D eigenvalue weighted by atomic mass is 10.2. The van der Waals surface area contributed by atoms with Gasteiger partial charge in [-0.2, -0.15) is 0 Å². The van der Waals surface area contributed by atoms with Gasteiger partial charge in [0.1, 0.15) is 5.69 Å². The van der Waals surface area contributed by atoms with Crippen LogP contribution in [-0.4, -0.2) is 15.2 Å². The molecular formula is C10H6BrN3O. The molecule has 0 radical (unpaired) electrons. The number of aromatic nitrogens is 3. The normalized spacial score (nSPS) is 11.0. The first kappa shape index (κ1) is 8.67. The van der Waals surface area contributed by atoms with E-state index in [0.29, 0.717) is 5.89 Å². The van der Waals surface area contributed by atoms with Crippen molar-refractivity contribution >= 4 is 26.8 Å². The first-order valence-electron chi connectivity index (χ1n) is 4.38. The fourth-order valence-corrected chi connectivity index (χ4v) is 2.01. The summed E-state index contributed by atoms with van der Waals surface area (Å²) in [6.07, 6.45) is 1.32. The van der Waals surface area contributed by atoms with Crippen molar-refractivity contribution in [2.24, 2.45) is 0 Å². The Morgan fingerprint density at radius 3 is 3.00 bits per heavy atom. The molecule has 1 aromatic carbocycles.